The van der Waals surface area contributed by atoms with Crippen LogP contribution in [0.15, 0.2) is 84.9 Å². The highest BCUT2D eigenvalue weighted by molar-refractivity contribution is 5.92. The van der Waals surface area contributed by atoms with Crippen molar-refractivity contribution in [3.8, 4) is 11.5 Å². The number of benzene rings is 4. The molecule has 0 spiro atoms. The van der Waals surface area contributed by atoms with E-state index in [2.05, 4.69) is 61.3 Å². The number of carbonyl (C=O) groups is 1. The van der Waals surface area contributed by atoms with Crippen molar-refractivity contribution in [1.82, 2.24) is 0 Å². The monoisotopic (exact) mass is 492 g/mol. The van der Waals surface area contributed by atoms with E-state index in [4.69, 9.17) is 9.47 Å². The van der Waals surface area contributed by atoms with Crippen molar-refractivity contribution in [2.45, 2.75) is 26.7 Å². The second-order valence-electron chi connectivity index (χ2n) is 9.20. The molecule has 37 heavy (non-hydrogen) atoms. The fourth-order valence-electron chi connectivity index (χ4n) is 5.12. The number of ether oxygens (including phenoxy) is 2. The van der Waals surface area contributed by atoms with E-state index in [-0.39, 0.29) is 11.9 Å². The van der Waals surface area contributed by atoms with Crippen molar-refractivity contribution < 1.29 is 14.3 Å². The molecule has 1 N–H and O–H groups in total. The van der Waals surface area contributed by atoms with Gasteiger partial charge < -0.3 is 19.7 Å². The lowest BCUT2D eigenvalue weighted by Crippen LogP contribution is -2.22. The third-order valence-electron chi connectivity index (χ3n) is 7.05. The molecule has 4 aromatic carbocycles. The number of anilines is 3. The van der Waals surface area contributed by atoms with E-state index >= 15 is 0 Å². The number of esters is 1. The third-order valence-corrected chi connectivity index (χ3v) is 7.05. The summed E-state index contributed by atoms with van der Waals surface area (Å²) < 4.78 is 11.7. The average molecular weight is 493 g/mol. The highest BCUT2D eigenvalue weighted by Crippen LogP contribution is 2.50. The smallest absolute Gasteiger partial charge is 0.338 e. The van der Waals surface area contributed by atoms with Gasteiger partial charge in [-0.3, -0.25) is 0 Å². The zero-order chi connectivity index (χ0) is 25.9. The molecule has 0 saturated carbocycles. The number of carbonyl (C=O) groups excluding carboxylic acids is 1. The second-order valence-corrected chi connectivity index (χ2v) is 9.20. The average Bonchev–Trinajstić information content (AvgIpc) is 2.93. The van der Waals surface area contributed by atoms with Crippen LogP contribution in [0.3, 0.4) is 0 Å². The number of aryl methyl sites for hydroxylation is 1. The molecule has 5 rings (SSSR count). The van der Waals surface area contributed by atoms with Gasteiger partial charge in [0.05, 0.1) is 12.7 Å². The first-order valence-corrected chi connectivity index (χ1v) is 12.7. The Kier molecular flexibility index (Phi) is 6.87. The predicted molar refractivity (Wildman–Crippen MR) is 150 cm³/mol. The standard InChI is InChI=1S/C32H32N2O3/c1-5-34(6-2)23-16-17-26-30(19-23)37-29-18-21(3)28(33-22-12-8-7-9-13-22)20-27(29)31(26)24-14-10-11-15-25(24)32(35)36-4/h7-20,31,33H,5-6H2,1-4H3. The van der Waals surface area contributed by atoms with E-state index in [1.807, 2.05) is 54.6 Å². The Balaban J connectivity index is 1.70. The molecular formula is C32H32N2O3. The lowest BCUT2D eigenvalue weighted by Gasteiger charge is -2.32. The molecule has 0 aliphatic carbocycles. The lowest BCUT2D eigenvalue weighted by molar-refractivity contribution is 0.0599. The quantitative estimate of drug-likeness (QED) is 0.236. The largest absolute Gasteiger partial charge is 0.465 e. The summed E-state index contributed by atoms with van der Waals surface area (Å²) in [7, 11) is 1.42. The van der Waals surface area contributed by atoms with Crippen LogP contribution in [0.2, 0.25) is 0 Å². The van der Waals surface area contributed by atoms with Crippen molar-refractivity contribution in [1.29, 1.82) is 0 Å². The van der Waals surface area contributed by atoms with E-state index in [1.165, 1.54) is 7.11 Å². The van der Waals surface area contributed by atoms with Crippen LogP contribution in [-0.4, -0.2) is 26.2 Å². The summed E-state index contributed by atoms with van der Waals surface area (Å²) in [5.74, 6) is 1.06. The highest BCUT2D eigenvalue weighted by Gasteiger charge is 2.32. The molecule has 0 saturated heterocycles. The van der Waals surface area contributed by atoms with E-state index in [0.29, 0.717) is 5.56 Å². The van der Waals surface area contributed by atoms with Crippen LogP contribution in [0, 0.1) is 6.92 Å². The first-order valence-electron chi connectivity index (χ1n) is 12.7. The molecule has 0 fully saturated rings. The Morgan fingerprint density at radius 3 is 2.30 bits per heavy atom. The summed E-state index contributed by atoms with van der Waals surface area (Å²) in [6, 6.07) is 28.4. The first kappa shape index (κ1) is 24.4. The van der Waals surface area contributed by atoms with Crippen LogP contribution in [0.1, 0.15) is 52.4 Å². The van der Waals surface area contributed by atoms with Crippen molar-refractivity contribution >= 4 is 23.0 Å². The Morgan fingerprint density at radius 2 is 1.57 bits per heavy atom. The van der Waals surface area contributed by atoms with E-state index in [1.54, 1.807) is 0 Å². The summed E-state index contributed by atoms with van der Waals surface area (Å²) in [4.78, 5) is 15.1. The number of rotatable bonds is 7. The van der Waals surface area contributed by atoms with Crippen LogP contribution < -0.4 is 15.0 Å². The van der Waals surface area contributed by atoms with Gasteiger partial charge in [0.25, 0.3) is 0 Å². The zero-order valence-electron chi connectivity index (χ0n) is 21.7. The fraction of sp³-hybridized carbons (Fsp3) is 0.219. The van der Waals surface area contributed by atoms with Crippen LogP contribution in [0.5, 0.6) is 11.5 Å². The SMILES string of the molecule is CCN(CC)c1ccc2c(c1)Oc1cc(C)c(Nc3ccccc3)cc1C2c1ccccc1C(=O)OC. The molecule has 1 unspecified atom stereocenters. The Hall–Kier alpha value is -4.25. The number of nitrogens with one attached hydrogen (secondary N) is 1. The van der Waals surface area contributed by atoms with Gasteiger partial charge in [-0.15, -0.1) is 0 Å². The number of hydrogen-bond donors (Lipinski definition) is 1. The molecule has 0 bridgehead atoms. The maximum atomic E-state index is 12.8. The number of fused-ring (bicyclic) bond motifs is 2. The summed E-state index contributed by atoms with van der Waals surface area (Å²) in [6.45, 7) is 8.20. The van der Waals surface area contributed by atoms with Gasteiger partial charge in [0.1, 0.15) is 11.5 Å². The molecule has 5 heteroatoms. The zero-order valence-corrected chi connectivity index (χ0v) is 21.7. The number of para-hydroxylation sites is 1. The second kappa shape index (κ2) is 10.4. The first-order chi connectivity index (χ1) is 18.0. The van der Waals surface area contributed by atoms with Crippen molar-refractivity contribution in [3.63, 3.8) is 0 Å². The molecule has 0 amide bonds. The van der Waals surface area contributed by atoms with E-state index in [0.717, 1.165) is 63.9 Å². The number of methoxy groups -OCH3 is 1. The molecule has 188 valence electrons. The highest BCUT2D eigenvalue weighted by atomic mass is 16.5. The predicted octanol–water partition coefficient (Wildman–Crippen LogP) is 7.66. The van der Waals surface area contributed by atoms with Crippen molar-refractivity contribution in [2.24, 2.45) is 0 Å². The fourth-order valence-corrected chi connectivity index (χ4v) is 5.12. The van der Waals surface area contributed by atoms with Gasteiger partial charge in [-0.2, -0.15) is 0 Å². The van der Waals surface area contributed by atoms with Crippen LogP contribution >= 0.6 is 0 Å². The Bertz CT molecular complexity index is 1430. The molecular weight excluding hydrogens is 460 g/mol. The van der Waals surface area contributed by atoms with Gasteiger partial charge in [-0.25, -0.2) is 4.79 Å². The van der Waals surface area contributed by atoms with Gasteiger partial charge in [0, 0.05) is 53.3 Å². The topological polar surface area (TPSA) is 50.8 Å². The van der Waals surface area contributed by atoms with Crippen molar-refractivity contribution in [3.05, 3.63) is 113 Å². The summed E-state index contributed by atoms with van der Waals surface area (Å²) in [6.07, 6.45) is 0. The normalized spacial score (nSPS) is 13.7. The maximum absolute atomic E-state index is 12.8. The minimum absolute atomic E-state index is 0.197. The summed E-state index contributed by atoms with van der Waals surface area (Å²) in [5, 5.41) is 3.55. The van der Waals surface area contributed by atoms with E-state index in [9.17, 15) is 4.79 Å². The van der Waals surface area contributed by atoms with Gasteiger partial charge >= 0.3 is 5.97 Å². The van der Waals surface area contributed by atoms with Gasteiger partial charge in [-0.05, 0) is 68.3 Å². The molecule has 0 aromatic heterocycles. The lowest BCUT2D eigenvalue weighted by atomic mass is 9.80. The summed E-state index contributed by atoms with van der Waals surface area (Å²) >= 11 is 0. The third kappa shape index (κ3) is 4.65. The number of nitrogens with zero attached hydrogens (tertiary/aromatic N) is 1. The van der Waals surface area contributed by atoms with Gasteiger partial charge in [-0.1, -0.05) is 42.5 Å². The Labute approximate surface area is 218 Å². The van der Waals surface area contributed by atoms with E-state index < -0.39 is 0 Å². The van der Waals surface area contributed by atoms with Gasteiger partial charge in [0.2, 0.25) is 0 Å². The maximum Gasteiger partial charge on any atom is 0.338 e. The molecule has 1 atom stereocenters. The summed E-state index contributed by atoms with van der Waals surface area (Å²) in [5.41, 5.74) is 7.68. The molecule has 1 aliphatic heterocycles. The molecule has 4 aromatic rings. The minimum atomic E-state index is -0.348. The number of hydrogen-bond acceptors (Lipinski definition) is 5. The van der Waals surface area contributed by atoms with Gasteiger partial charge in [0.15, 0.2) is 0 Å². The van der Waals surface area contributed by atoms with Crippen LogP contribution in [-0.2, 0) is 4.74 Å². The molecule has 1 heterocycles. The minimum Gasteiger partial charge on any atom is -0.465 e. The molecule has 0 radical (unpaired) electrons. The molecule has 5 nitrogen and oxygen atoms in total. The Morgan fingerprint density at radius 1 is 0.865 bits per heavy atom. The molecule has 1 aliphatic rings. The van der Waals surface area contributed by atoms with Crippen molar-refractivity contribution in [2.75, 3.05) is 30.4 Å². The van der Waals surface area contributed by atoms with Crippen LogP contribution in [0.25, 0.3) is 0 Å². The van der Waals surface area contributed by atoms with Crippen LogP contribution in [0.4, 0.5) is 17.1 Å².